The number of amides is 1. The van der Waals surface area contributed by atoms with Crippen LogP contribution in [0.5, 0.6) is 6.01 Å². The summed E-state index contributed by atoms with van der Waals surface area (Å²) in [5.74, 6) is -1.11. The molecule has 1 atom stereocenters. The second-order valence-corrected chi connectivity index (χ2v) is 7.63. The molecule has 7 nitrogen and oxygen atoms in total. The standard InChI is InChI=1S/C22H17ClF3N5O2/c23-15-8-6-14(7-9-15)18-17(13-4-2-1-3-5-13)11-31(30-18)20-16(19(27)32)10-28-21(29-20)33-12-22(24,25)26/h1-10,17H,11-12H2,(H2,27,32). The third-order valence-electron chi connectivity index (χ3n) is 4.88. The van der Waals surface area contributed by atoms with Crippen LogP contribution in [0.15, 0.2) is 65.9 Å². The quantitative estimate of drug-likeness (QED) is 0.577. The van der Waals surface area contributed by atoms with Crippen molar-refractivity contribution in [3.63, 3.8) is 0 Å². The molecule has 1 unspecified atom stereocenters. The number of nitrogens with two attached hydrogens (primary N) is 1. The minimum atomic E-state index is -4.57. The number of carbonyl (C=O) groups excluding carboxylic acids is 1. The molecule has 3 aromatic rings. The Hall–Kier alpha value is -3.66. The molecule has 1 amide bonds. The summed E-state index contributed by atoms with van der Waals surface area (Å²) in [6.07, 6.45) is -3.54. The number of anilines is 1. The SMILES string of the molecule is NC(=O)c1cnc(OCC(F)(F)F)nc1N1CC(c2ccccc2)C(c2ccc(Cl)cc2)=N1. The number of nitrogens with zero attached hydrogens (tertiary/aromatic N) is 4. The number of hydrazone groups is 1. The third-order valence-corrected chi connectivity index (χ3v) is 5.13. The summed E-state index contributed by atoms with van der Waals surface area (Å²) >= 11 is 6.02. The summed E-state index contributed by atoms with van der Waals surface area (Å²) in [5.41, 5.74) is 7.78. The Bertz CT molecular complexity index is 1190. The minimum Gasteiger partial charge on any atom is -0.454 e. The molecule has 1 aliphatic heterocycles. The summed E-state index contributed by atoms with van der Waals surface area (Å²) in [6.45, 7) is -1.31. The van der Waals surface area contributed by atoms with E-state index in [1.807, 2.05) is 42.5 Å². The van der Waals surface area contributed by atoms with Gasteiger partial charge in [0.2, 0.25) is 0 Å². The molecular formula is C22H17ClF3N5O2. The Balaban J connectivity index is 1.76. The summed E-state index contributed by atoms with van der Waals surface area (Å²) < 4.78 is 42.3. The van der Waals surface area contributed by atoms with Crippen molar-refractivity contribution in [3.8, 4) is 6.01 Å². The van der Waals surface area contributed by atoms with Crippen molar-refractivity contribution in [2.75, 3.05) is 18.2 Å². The lowest BCUT2D eigenvalue weighted by Crippen LogP contribution is -2.25. The van der Waals surface area contributed by atoms with Gasteiger partial charge < -0.3 is 10.5 Å². The van der Waals surface area contributed by atoms with Crippen LogP contribution in [0.3, 0.4) is 0 Å². The highest BCUT2D eigenvalue weighted by Gasteiger charge is 2.33. The molecule has 2 aromatic carbocycles. The van der Waals surface area contributed by atoms with Gasteiger partial charge in [-0.2, -0.15) is 23.3 Å². The molecule has 33 heavy (non-hydrogen) atoms. The number of benzene rings is 2. The van der Waals surface area contributed by atoms with Crippen molar-refractivity contribution in [1.82, 2.24) is 9.97 Å². The lowest BCUT2D eigenvalue weighted by atomic mass is 9.91. The van der Waals surface area contributed by atoms with Gasteiger partial charge in [-0.15, -0.1) is 0 Å². The van der Waals surface area contributed by atoms with Gasteiger partial charge in [0.05, 0.1) is 12.3 Å². The first-order chi connectivity index (χ1) is 15.7. The highest BCUT2D eigenvalue weighted by molar-refractivity contribution is 6.30. The second-order valence-electron chi connectivity index (χ2n) is 7.20. The van der Waals surface area contributed by atoms with Crippen LogP contribution in [0, 0.1) is 0 Å². The molecule has 2 heterocycles. The number of rotatable bonds is 6. The van der Waals surface area contributed by atoms with Gasteiger partial charge in [-0.3, -0.25) is 4.79 Å². The summed E-state index contributed by atoms with van der Waals surface area (Å²) in [5, 5.41) is 6.62. The Morgan fingerprint density at radius 2 is 1.85 bits per heavy atom. The lowest BCUT2D eigenvalue weighted by Gasteiger charge is -2.18. The summed E-state index contributed by atoms with van der Waals surface area (Å²) in [6, 6.07) is 16.1. The maximum atomic E-state index is 12.6. The van der Waals surface area contributed by atoms with Crippen LogP contribution in [-0.4, -0.2) is 40.9 Å². The minimum absolute atomic E-state index is 0.0421. The van der Waals surface area contributed by atoms with Gasteiger partial charge in [-0.05, 0) is 23.3 Å². The van der Waals surface area contributed by atoms with E-state index in [-0.39, 0.29) is 23.8 Å². The monoisotopic (exact) mass is 475 g/mol. The average molecular weight is 476 g/mol. The Morgan fingerprint density at radius 3 is 2.48 bits per heavy atom. The lowest BCUT2D eigenvalue weighted by molar-refractivity contribution is -0.154. The Kier molecular flexibility index (Phi) is 6.19. The summed E-state index contributed by atoms with van der Waals surface area (Å²) in [4.78, 5) is 19.7. The van der Waals surface area contributed by atoms with E-state index in [4.69, 9.17) is 17.3 Å². The van der Waals surface area contributed by atoms with E-state index in [1.165, 1.54) is 5.01 Å². The predicted molar refractivity (Wildman–Crippen MR) is 117 cm³/mol. The molecule has 0 bridgehead atoms. The smallest absolute Gasteiger partial charge is 0.422 e. The van der Waals surface area contributed by atoms with Crippen molar-refractivity contribution in [1.29, 1.82) is 0 Å². The normalized spacial score (nSPS) is 15.9. The molecule has 11 heteroatoms. The van der Waals surface area contributed by atoms with Crippen LogP contribution < -0.4 is 15.5 Å². The van der Waals surface area contributed by atoms with Crippen LogP contribution >= 0.6 is 11.6 Å². The number of ether oxygens (including phenoxy) is 1. The van der Waals surface area contributed by atoms with Crippen LogP contribution in [-0.2, 0) is 0 Å². The first-order valence-electron chi connectivity index (χ1n) is 9.74. The van der Waals surface area contributed by atoms with E-state index in [0.29, 0.717) is 10.7 Å². The van der Waals surface area contributed by atoms with Crippen molar-refractivity contribution in [2.45, 2.75) is 12.1 Å². The zero-order valence-corrected chi connectivity index (χ0v) is 17.7. The van der Waals surface area contributed by atoms with Crippen molar-refractivity contribution in [3.05, 3.63) is 82.5 Å². The second kappa shape index (κ2) is 9.07. The number of hydrogen-bond acceptors (Lipinski definition) is 6. The molecule has 0 saturated carbocycles. The van der Waals surface area contributed by atoms with Crippen molar-refractivity contribution >= 4 is 29.0 Å². The van der Waals surface area contributed by atoms with Gasteiger partial charge in [0.15, 0.2) is 12.4 Å². The molecule has 4 rings (SSSR count). The fraction of sp³-hybridized carbons (Fsp3) is 0.182. The zero-order valence-electron chi connectivity index (χ0n) is 17.0. The van der Waals surface area contributed by atoms with E-state index in [2.05, 4.69) is 19.8 Å². The van der Waals surface area contributed by atoms with E-state index in [0.717, 1.165) is 17.3 Å². The van der Waals surface area contributed by atoms with Crippen LogP contribution in [0.25, 0.3) is 0 Å². The first-order valence-corrected chi connectivity index (χ1v) is 10.1. The predicted octanol–water partition coefficient (Wildman–Crippen LogP) is 4.18. The molecule has 170 valence electrons. The highest BCUT2D eigenvalue weighted by Crippen LogP contribution is 2.33. The highest BCUT2D eigenvalue weighted by atomic mass is 35.5. The van der Waals surface area contributed by atoms with Gasteiger partial charge in [-0.25, -0.2) is 9.99 Å². The van der Waals surface area contributed by atoms with Gasteiger partial charge >= 0.3 is 12.2 Å². The molecule has 0 aliphatic carbocycles. The topological polar surface area (TPSA) is 93.7 Å². The maximum absolute atomic E-state index is 12.6. The number of alkyl halides is 3. The van der Waals surface area contributed by atoms with Gasteiger partial charge in [0, 0.05) is 17.1 Å². The van der Waals surface area contributed by atoms with Gasteiger partial charge in [0.1, 0.15) is 5.56 Å². The average Bonchev–Trinajstić information content (AvgIpc) is 3.23. The molecule has 1 aliphatic rings. The Morgan fingerprint density at radius 1 is 1.15 bits per heavy atom. The number of carbonyl (C=O) groups is 1. The molecule has 0 radical (unpaired) electrons. The van der Waals surface area contributed by atoms with Crippen molar-refractivity contribution in [2.24, 2.45) is 10.8 Å². The van der Waals surface area contributed by atoms with E-state index in [9.17, 15) is 18.0 Å². The van der Waals surface area contributed by atoms with E-state index < -0.39 is 24.7 Å². The number of primary amides is 1. The molecule has 0 spiro atoms. The largest absolute Gasteiger partial charge is 0.454 e. The third kappa shape index (κ3) is 5.23. The van der Waals surface area contributed by atoms with E-state index in [1.54, 1.807) is 12.1 Å². The van der Waals surface area contributed by atoms with Crippen LogP contribution in [0.4, 0.5) is 19.0 Å². The van der Waals surface area contributed by atoms with Gasteiger partial charge in [-0.1, -0.05) is 54.1 Å². The number of hydrogen-bond donors (Lipinski definition) is 1. The molecule has 2 N–H and O–H groups in total. The number of aromatic nitrogens is 2. The first kappa shape index (κ1) is 22.5. The van der Waals surface area contributed by atoms with Crippen LogP contribution in [0.1, 0.15) is 27.4 Å². The fourth-order valence-corrected chi connectivity index (χ4v) is 3.53. The molecule has 0 saturated heterocycles. The number of halogens is 4. The van der Waals surface area contributed by atoms with Crippen LogP contribution in [0.2, 0.25) is 5.02 Å². The molecule has 1 aromatic heterocycles. The zero-order chi connectivity index (χ0) is 23.6. The van der Waals surface area contributed by atoms with E-state index >= 15 is 0 Å². The fourth-order valence-electron chi connectivity index (χ4n) is 3.41. The van der Waals surface area contributed by atoms with Crippen molar-refractivity contribution < 1.29 is 22.7 Å². The Labute approximate surface area is 191 Å². The maximum Gasteiger partial charge on any atom is 0.422 e. The summed E-state index contributed by atoms with van der Waals surface area (Å²) in [7, 11) is 0. The van der Waals surface area contributed by atoms with Gasteiger partial charge in [0.25, 0.3) is 5.91 Å². The molecular weight excluding hydrogens is 459 g/mol. The molecule has 0 fully saturated rings.